The van der Waals surface area contributed by atoms with Gasteiger partial charge in [0.1, 0.15) is 16.5 Å². The predicted molar refractivity (Wildman–Crippen MR) is 80.4 cm³/mol. The van der Waals surface area contributed by atoms with Crippen molar-refractivity contribution in [3.05, 3.63) is 28.2 Å². The molecule has 1 aliphatic carbocycles. The van der Waals surface area contributed by atoms with E-state index in [0.29, 0.717) is 6.07 Å². The quantitative estimate of drug-likeness (QED) is 0.857. The second kappa shape index (κ2) is 6.30. The van der Waals surface area contributed by atoms with Crippen LogP contribution in [0.2, 0.25) is 0 Å². The zero-order valence-corrected chi connectivity index (χ0v) is 14.2. The second-order valence-electron chi connectivity index (χ2n) is 5.89. The fraction of sp³-hybridized carbons (Fsp3) is 0.571. The molecule has 1 fully saturated rings. The van der Waals surface area contributed by atoms with Gasteiger partial charge in [0.2, 0.25) is 10.0 Å². The summed E-state index contributed by atoms with van der Waals surface area (Å²) in [6, 6.07) is 1.52. The van der Waals surface area contributed by atoms with Crippen LogP contribution in [0.4, 0.5) is 8.78 Å². The zero-order chi connectivity index (χ0) is 15.7. The van der Waals surface area contributed by atoms with E-state index in [0.717, 1.165) is 31.7 Å². The van der Waals surface area contributed by atoms with Crippen molar-refractivity contribution in [1.29, 1.82) is 0 Å². The molecule has 0 heterocycles. The monoisotopic (exact) mass is 381 g/mol. The van der Waals surface area contributed by atoms with E-state index in [1.165, 1.54) is 6.42 Å². The number of hydrogen-bond acceptors (Lipinski definition) is 2. The van der Waals surface area contributed by atoms with Crippen molar-refractivity contribution < 1.29 is 17.2 Å². The summed E-state index contributed by atoms with van der Waals surface area (Å²) in [4.78, 5) is -0.539. The van der Waals surface area contributed by atoms with Gasteiger partial charge in [0.05, 0.1) is 0 Å². The van der Waals surface area contributed by atoms with E-state index in [1.807, 2.05) is 6.92 Å². The molecule has 1 aliphatic rings. The number of rotatable bonds is 4. The van der Waals surface area contributed by atoms with Crippen molar-refractivity contribution in [3.8, 4) is 0 Å². The van der Waals surface area contributed by atoms with Gasteiger partial charge < -0.3 is 0 Å². The summed E-state index contributed by atoms with van der Waals surface area (Å²) in [6.45, 7) is 2.29. The third-order valence-electron chi connectivity index (χ3n) is 3.98. The van der Waals surface area contributed by atoms with E-state index in [-0.39, 0.29) is 16.4 Å². The molecule has 7 heteroatoms. The van der Waals surface area contributed by atoms with E-state index in [4.69, 9.17) is 0 Å². The average molecular weight is 382 g/mol. The molecular formula is C14H18BrF2NO2S. The first-order valence-corrected chi connectivity index (χ1v) is 9.15. The molecule has 21 heavy (non-hydrogen) atoms. The van der Waals surface area contributed by atoms with E-state index in [2.05, 4.69) is 20.7 Å². The molecule has 0 amide bonds. The first-order chi connectivity index (χ1) is 9.73. The van der Waals surface area contributed by atoms with Crippen LogP contribution in [0.3, 0.4) is 0 Å². The van der Waals surface area contributed by atoms with Crippen molar-refractivity contribution in [3.63, 3.8) is 0 Å². The Morgan fingerprint density at radius 3 is 2.43 bits per heavy atom. The molecule has 1 aromatic carbocycles. The molecule has 0 atom stereocenters. The molecular weight excluding hydrogens is 364 g/mol. The van der Waals surface area contributed by atoms with Crippen molar-refractivity contribution >= 4 is 26.0 Å². The van der Waals surface area contributed by atoms with Gasteiger partial charge in [-0.05, 0) is 40.3 Å². The fourth-order valence-corrected chi connectivity index (χ4v) is 5.07. The normalized spacial score (nSPS) is 18.7. The lowest BCUT2D eigenvalue weighted by Gasteiger charge is -2.33. The van der Waals surface area contributed by atoms with Crippen LogP contribution in [0.25, 0.3) is 0 Å². The Morgan fingerprint density at radius 1 is 1.24 bits per heavy atom. The lowest BCUT2D eigenvalue weighted by Crippen LogP contribution is -2.37. The molecule has 3 nitrogen and oxygen atoms in total. The van der Waals surface area contributed by atoms with Crippen molar-refractivity contribution in [1.82, 2.24) is 4.72 Å². The van der Waals surface area contributed by atoms with Crippen LogP contribution in [-0.2, 0) is 10.0 Å². The molecule has 2 rings (SSSR count). The number of hydrogen-bond donors (Lipinski definition) is 1. The highest BCUT2D eigenvalue weighted by molar-refractivity contribution is 9.10. The Bertz CT molecular complexity index is 605. The molecule has 1 saturated carbocycles. The fourth-order valence-electron chi connectivity index (χ4n) is 2.71. The third-order valence-corrected chi connectivity index (χ3v) is 6.35. The van der Waals surface area contributed by atoms with E-state index >= 15 is 0 Å². The number of sulfonamides is 1. The minimum absolute atomic E-state index is 0.103. The molecule has 0 bridgehead atoms. The van der Waals surface area contributed by atoms with Crippen LogP contribution >= 0.6 is 15.9 Å². The molecule has 0 unspecified atom stereocenters. The van der Waals surface area contributed by atoms with Gasteiger partial charge in [0.15, 0.2) is 0 Å². The zero-order valence-electron chi connectivity index (χ0n) is 11.8. The topological polar surface area (TPSA) is 46.2 Å². The van der Waals surface area contributed by atoms with Crippen LogP contribution in [-0.4, -0.2) is 15.0 Å². The minimum atomic E-state index is -4.01. The minimum Gasteiger partial charge on any atom is -0.210 e. The molecule has 0 saturated heterocycles. The predicted octanol–water partition coefficient (Wildman–Crippen LogP) is 3.98. The highest BCUT2D eigenvalue weighted by Crippen LogP contribution is 2.35. The third kappa shape index (κ3) is 4.02. The van der Waals surface area contributed by atoms with Gasteiger partial charge in [-0.25, -0.2) is 21.9 Å². The molecule has 0 spiro atoms. The van der Waals surface area contributed by atoms with Crippen LogP contribution in [0.1, 0.15) is 39.0 Å². The molecule has 118 valence electrons. The lowest BCUT2D eigenvalue weighted by atomic mass is 9.76. The van der Waals surface area contributed by atoms with Gasteiger partial charge in [0.25, 0.3) is 0 Å². The summed E-state index contributed by atoms with van der Waals surface area (Å²) in [5.74, 6) is -1.92. The highest BCUT2D eigenvalue weighted by atomic mass is 79.9. The molecule has 0 radical (unpaired) electrons. The van der Waals surface area contributed by atoms with Gasteiger partial charge in [-0.2, -0.15) is 0 Å². The van der Waals surface area contributed by atoms with Gasteiger partial charge in [-0.1, -0.05) is 26.2 Å². The smallest absolute Gasteiger partial charge is 0.210 e. The Kier molecular flexibility index (Phi) is 5.05. The van der Waals surface area contributed by atoms with Crippen molar-refractivity contribution in [2.45, 2.75) is 43.9 Å². The average Bonchev–Trinajstić information content (AvgIpc) is 2.36. The first kappa shape index (κ1) is 16.8. The Balaban J connectivity index is 2.19. The molecule has 0 aromatic heterocycles. The summed E-state index contributed by atoms with van der Waals surface area (Å²) in [7, 11) is -4.01. The Labute approximate surface area is 132 Å². The summed E-state index contributed by atoms with van der Waals surface area (Å²) >= 11 is 2.91. The lowest BCUT2D eigenvalue weighted by molar-refractivity contribution is 0.219. The van der Waals surface area contributed by atoms with Crippen LogP contribution in [0.5, 0.6) is 0 Å². The van der Waals surface area contributed by atoms with E-state index in [9.17, 15) is 17.2 Å². The highest BCUT2D eigenvalue weighted by Gasteiger charge is 2.30. The van der Waals surface area contributed by atoms with Gasteiger partial charge in [-0.15, -0.1) is 0 Å². The van der Waals surface area contributed by atoms with Crippen molar-refractivity contribution in [2.24, 2.45) is 5.41 Å². The maximum Gasteiger partial charge on any atom is 0.244 e. The number of nitrogens with one attached hydrogen (secondary N) is 1. The summed E-state index contributed by atoms with van der Waals surface area (Å²) in [5, 5.41) is 0. The number of benzene rings is 1. The molecule has 1 N–H and O–H groups in total. The van der Waals surface area contributed by atoms with Gasteiger partial charge in [0, 0.05) is 17.1 Å². The van der Waals surface area contributed by atoms with Gasteiger partial charge in [-0.3, -0.25) is 0 Å². The van der Waals surface area contributed by atoms with Crippen LogP contribution in [0.15, 0.2) is 21.5 Å². The Hall–Kier alpha value is -0.530. The summed E-state index contributed by atoms with van der Waals surface area (Å²) < 4.78 is 53.7. The Morgan fingerprint density at radius 2 is 1.86 bits per heavy atom. The van der Waals surface area contributed by atoms with Gasteiger partial charge >= 0.3 is 0 Å². The SMILES string of the molecule is CC1(CNS(=O)(=O)c2c(F)cc(F)cc2Br)CCCCC1. The van der Waals surface area contributed by atoms with Crippen LogP contribution in [0, 0.1) is 17.0 Å². The maximum atomic E-state index is 13.8. The van der Waals surface area contributed by atoms with E-state index in [1.54, 1.807) is 0 Å². The molecule has 1 aromatic rings. The van der Waals surface area contributed by atoms with Crippen molar-refractivity contribution in [2.75, 3.05) is 6.54 Å². The van der Waals surface area contributed by atoms with E-state index < -0.39 is 26.6 Å². The largest absolute Gasteiger partial charge is 0.244 e. The maximum absolute atomic E-state index is 13.8. The number of halogens is 3. The summed E-state index contributed by atoms with van der Waals surface area (Å²) in [5.41, 5.74) is -0.103. The molecule has 0 aliphatic heterocycles. The standard InChI is InChI=1S/C14H18BrF2NO2S/c1-14(5-3-2-4-6-14)9-18-21(19,20)13-11(15)7-10(16)8-12(13)17/h7-8,18H,2-6,9H2,1H3. The second-order valence-corrected chi connectivity index (χ2v) is 8.45. The summed E-state index contributed by atoms with van der Waals surface area (Å²) in [6.07, 6.45) is 5.21. The van der Waals surface area contributed by atoms with Crippen LogP contribution < -0.4 is 4.72 Å². The first-order valence-electron chi connectivity index (χ1n) is 6.88.